The summed E-state index contributed by atoms with van der Waals surface area (Å²) < 4.78 is 96.9. The lowest BCUT2D eigenvalue weighted by Gasteiger charge is -2.20. The van der Waals surface area contributed by atoms with Crippen LogP contribution < -0.4 is 20.1 Å². The number of nitrogens with zero attached hydrogens (tertiary/aromatic N) is 8. The van der Waals surface area contributed by atoms with Crippen LogP contribution in [0.25, 0.3) is 44.6 Å². The maximum Gasteiger partial charge on any atom is 0.246 e. The van der Waals surface area contributed by atoms with E-state index in [0.29, 0.717) is 45.3 Å². The first-order chi connectivity index (χ1) is 35.9. The van der Waals surface area contributed by atoms with Crippen molar-refractivity contribution in [2.45, 2.75) is 79.5 Å². The van der Waals surface area contributed by atoms with E-state index in [1.165, 1.54) is 26.5 Å². The molecule has 0 fully saturated rings. The number of ether oxygens (including phenoxy) is 4. The van der Waals surface area contributed by atoms with E-state index in [1.807, 2.05) is 50.2 Å². The van der Waals surface area contributed by atoms with Gasteiger partial charge in [0.2, 0.25) is 11.8 Å². The number of aromatic nitrogens is 8. The first-order valence-corrected chi connectivity index (χ1v) is 23.5. The Labute approximate surface area is 436 Å². The summed E-state index contributed by atoms with van der Waals surface area (Å²) in [6, 6.07) is 15.5. The van der Waals surface area contributed by atoms with Crippen molar-refractivity contribution in [2.75, 3.05) is 13.2 Å². The average Bonchev–Trinajstić information content (AvgIpc) is 4.00. The minimum Gasteiger partial charge on any atom is -0.487 e. The fourth-order valence-corrected chi connectivity index (χ4v) is 8.38. The number of carbonyl (C=O) groups excluding carboxylic acids is 2. The van der Waals surface area contributed by atoms with Crippen molar-refractivity contribution in [3.8, 4) is 34.3 Å². The van der Waals surface area contributed by atoms with E-state index >= 15 is 0 Å². The zero-order chi connectivity index (χ0) is 55.2. The van der Waals surface area contributed by atoms with E-state index in [4.69, 9.17) is 35.4 Å². The highest BCUT2D eigenvalue weighted by Gasteiger charge is 2.23. The molecule has 16 nitrogen and oxygen atoms in total. The third-order valence-electron chi connectivity index (χ3n) is 11.2. The van der Waals surface area contributed by atoms with Gasteiger partial charge in [-0.1, -0.05) is 47.5 Å². The Morgan fingerprint density at radius 2 is 1.04 bits per heavy atom. The number of fused-ring (bicyclic) bond motifs is 2. The molecule has 22 heteroatoms. The van der Waals surface area contributed by atoms with E-state index < -0.39 is 61.4 Å². The lowest BCUT2D eigenvalue weighted by Crippen LogP contribution is -2.31. The molecule has 2 unspecified atom stereocenters. The molecular weight excluding hydrogens is 1010 g/mol. The molecule has 388 valence electrons. The number of para-hydroxylation sites is 2. The van der Waals surface area contributed by atoms with Gasteiger partial charge in [0.1, 0.15) is 73.2 Å². The number of amides is 2. The Morgan fingerprint density at radius 3 is 1.39 bits per heavy atom. The Kier molecular flexibility index (Phi) is 16.9. The Morgan fingerprint density at radius 1 is 0.649 bits per heavy atom. The third kappa shape index (κ3) is 13.3. The van der Waals surface area contributed by atoms with Crippen molar-refractivity contribution in [1.29, 1.82) is 0 Å². The van der Waals surface area contributed by atoms with Crippen LogP contribution in [-0.4, -0.2) is 77.2 Å². The molecule has 2 amide bonds. The Bertz CT molecular complexity index is 3210. The summed E-state index contributed by atoms with van der Waals surface area (Å²) in [6.07, 6.45) is -0.373. The normalized spacial score (nSPS) is 14.2. The van der Waals surface area contributed by atoms with Crippen molar-refractivity contribution in [2.24, 2.45) is 14.1 Å². The monoisotopic (exact) mass is 1060 g/mol. The minimum atomic E-state index is -1.82. The van der Waals surface area contributed by atoms with E-state index in [0.717, 1.165) is 71.4 Å². The van der Waals surface area contributed by atoms with Crippen LogP contribution in [0.5, 0.6) is 11.5 Å². The smallest absolute Gasteiger partial charge is 0.246 e. The standard InChI is InChI=1S/2C26H26ClF2N5O3/c2*1-14-8-20(26-30-13-31-34(26)4)18-6-5-7-23(25(18)32-14)37-11-21-19(9-17(29)10-22(21)27)15(2)33-24(35)12-36-16(3)28/h2*5-10,13,15-16H,11-12H2,1-4H3,(H,33,35)/t2*15-,16?/m00/s1/i2*15D. The molecule has 4 aromatic heterocycles. The lowest BCUT2D eigenvalue weighted by atomic mass is 10.0. The molecule has 0 radical (unpaired) electrons. The molecule has 4 heterocycles. The van der Waals surface area contributed by atoms with Gasteiger partial charge in [-0.15, -0.1) is 0 Å². The molecule has 4 atom stereocenters. The number of rotatable bonds is 18. The summed E-state index contributed by atoms with van der Waals surface area (Å²) in [4.78, 5) is 42.5. The zero-order valence-corrected chi connectivity index (χ0v) is 42.9. The second-order valence-corrected chi connectivity index (χ2v) is 17.6. The second-order valence-electron chi connectivity index (χ2n) is 16.8. The van der Waals surface area contributed by atoms with Crippen molar-refractivity contribution in [1.82, 2.24) is 50.1 Å². The molecule has 8 rings (SSSR count). The summed E-state index contributed by atoms with van der Waals surface area (Å²) >= 11 is 12.8. The fourth-order valence-electron chi connectivity index (χ4n) is 7.86. The van der Waals surface area contributed by atoms with Crippen LogP contribution >= 0.6 is 23.2 Å². The van der Waals surface area contributed by atoms with Gasteiger partial charge in [0.15, 0.2) is 24.4 Å². The molecule has 8 aromatic rings. The SMILES string of the molecule is [2H][C@@](C)(NC(=O)COC(C)F)c1cc(F)cc(Cl)c1COc1cccc2c(-c3ncnn3C)cc(C)nc12.[2H][C@@](C)(NC(=O)COC(C)F)c1cc(F)cc(Cl)c1COc1cccc2c(-c3ncnn3C)cc(C)nc12. The van der Waals surface area contributed by atoms with Crippen LogP contribution in [0.15, 0.2) is 85.5 Å². The van der Waals surface area contributed by atoms with Crippen molar-refractivity contribution >= 4 is 56.8 Å². The van der Waals surface area contributed by atoms with Crippen LogP contribution in [0.2, 0.25) is 10.0 Å². The molecule has 4 aromatic carbocycles. The first kappa shape index (κ1) is 51.6. The summed E-state index contributed by atoms with van der Waals surface area (Å²) in [5.74, 6) is -0.684. The largest absolute Gasteiger partial charge is 0.487 e. The molecule has 0 saturated heterocycles. The Hall–Kier alpha value is -7.26. The van der Waals surface area contributed by atoms with E-state index in [2.05, 4.69) is 50.2 Å². The van der Waals surface area contributed by atoms with Gasteiger partial charge in [0, 0.05) is 58.5 Å². The summed E-state index contributed by atoms with van der Waals surface area (Å²) in [6.45, 7) is 7.19. The van der Waals surface area contributed by atoms with Gasteiger partial charge in [0.05, 0.1) is 24.8 Å². The maximum atomic E-state index is 14.3. The topological polar surface area (TPSA) is 182 Å². The van der Waals surface area contributed by atoms with Crippen molar-refractivity contribution in [3.63, 3.8) is 0 Å². The number of nitrogens with one attached hydrogen (secondary N) is 2. The van der Waals surface area contributed by atoms with Gasteiger partial charge in [-0.25, -0.2) is 46.9 Å². The van der Waals surface area contributed by atoms with Gasteiger partial charge in [-0.05, 0) is 101 Å². The highest BCUT2D eigenvalue weighted by Crippen LogP contribution is 2.36. The van der Waals surface area contributed by atoms with E-state index in [-0.39, 0.29) is 34.4 Å². The molecule has 0 aliphatic rings. The predicted molar refractivity (Wildman–Crippen MR) is 271 cm³/mol. The molecule has 74 heavy (non-hydrogen) atoms. The van der Waals surface area contributed by atoms with Crippen LogP contribution in [0.3, 0.4) is 0 Å². The van der Waals surface area contributed by atoms with Crippen LogP contribution in [0, 0.1) is 25.5 Å². The van der Waals surface area contributed by atoms with E-state index in [9.17, 15) is 27.2 Å². The first-order valence-electron chi connectivity index (χ1n) is 23.8. The number of pyridine rings is 2. The van der Waals surface area contributed by atoms with Gasteiger partial charge >= 0.3 is 0 Å². The third-order valence-corrected chi connectivity index (χ3v) is 11.9. The number of hydrogen-bond acceptors (Lipinski definition) is 12. The Balaban J connectivity index is 0.000000221. The van der Waals surface area contributed by atoms with E-state index in [1.54, 1.807) is 35.6 Å². The predicted octanol–water partition coefficient (Wildman–Crippen LogP) is 10.4. The second kappa shape index (κ2) is 24.2. The molecular formula is C52H52Cl2F4N10O6. The number of alkyl halides is 2. The number of carbonyl (C=O) groups is 2. The lowest BCUT2D eigenvalue weighted by molar-refractivity contribution is -0.132. The number of benzene rings is 4. The fraction of sp³-hybridized carbons (Fsp3) is 0.308. The van der Waals surface area contributed by atoms with Gasteiger partial charge < -0.3 is 29.6 Å². The van der Waals surface area contributed by atoms with Crippen molar-refractivity contribution < 1.29 is 48.8 Å². The highest BCUT2D eigenvalue weighted by atomic mass is 35.5. The van der Waals surface area contributed by atoms with Crippen LogP contribution in [0.1, 0.15) is 76.1 Å². The summed E-state index contributed by atoms with van der Waals surface area (Å²) in [7, 11) is 3.59. The van der Waals surface area contributed by atoms with Crippen LogP contribution in [-0.2, 0) is 46.4 Å². The van der Waals surface area contributed by atoms with Gasteiger partial charge in [-0.2, -0.15) is 10.2 Å². The summed E-state index contributed by atoms with van der Waals surface area (Å²) in [5, 5.41) is 14.7. The molecule has 0 saturated carbocycles. The minimum absolute atomic E-state index is 0.0190. The molecule has 0 spiro atoms. The molecule has 2 N–H and O–H groups in total. The summed E-state index contributed by atoms with van der Waals surface area (Å²) in [5.41, 5.74) is 5.01. The van der Waals surface area contributed by atoms with Crippen molar-refractivity contribution in [3.05, 3.63) is 141 Å². The number of hydrogen-bond donors (Lipinski definition) is 2. The molecule has 0 aliphatic heterocycles. The quantitative estimate of drug-likeness (QED) is 0.0777. The maximum absolute atomic E-state index is 14.3. The average molecular weight is 1060 g/mol. The zero-order valence-electron chi connectivity index (χ0n) is 43.4. The van der Waals surface area contributed by atoms with Crippen LogP contribution in [0.4, 0.5) is 17.6 Å². The molecule has 0 bridgehead atoms. The number of aryl methyl sites for hydroxylation is 4. The molecule has 0 aliphatic carbocycles. The van der Waals surface area contributed by atoms with Gasteiger partial charge in [-0.3, -0.25) is 9.59 Å². The van der Waals surface area contributed by atoms with Gasteiger partial charge in [0.25, 0.3) is 0 Å². The number of halogens is 6. The highest BCUT2D eigenvalue weighted by molar-refractivity contribution is 6.31.